The Labute approximate surface area is 149 Å². The molecule has 2 rings (SSSR count). The molecular formula is C15H17Cl2FNOPTi. The number of halogens is 3. The molecule has 0 aliphatic carbocycles. The van der Waals surface area contributed by atoms with Gasteiger partial charge in [0.05, 0.1) is 0 Å². The molecule has 0 radical (unpaired) electrons. The standard InChI is InChI=1S/C15H17FNOP.2ClH.Ti/c1-17(2)10-11-9-12(16)7-8-14(11)19-15-6-4-3-5-13(15)18;;;/h3-9,18-19H,10H2,1-2H3;2*1H;/q;;;+2/p-2. The maximum absolute atomic E-state index is 13.4. The number of hydrogen-bond acceptors (Lipinski definition) is 2. The molecule has 0 amide bonds. The normalized spacial score (nSPS) is 10.6. The van der Waals surface area contributed by atoms with E-state index < -0.39 is 17.0 Å². The number of para-hydroxylation sites is 1. The van der Waals surface area contributed by atoms with Crippen LogP contribution in [0.25, 0.3) is 0 Å². The summed E-state index contributed by atoms with van der Waals surface area (Å²) in [7, 11) is 14.0. The number of rotatable bonds is 4. The molecule has 118 valence electrons. The first-order valence-corrected chi connectivity index (χ1v) is 11.7. The molecule has 1 N–H and O–H groups in total. The molecule has 7 heteroatoms. The second-order valence-electron chi connectivity index (χ2n) is 4.75. The summed E-state index contributed by atoms with van der Waals surface area (Å²) in [4.78, 5) is 2.01. The number of hydrogen-bond donors (Lipinski definition) is 1. The zero-order valence-corrected chi connectivity index (χ0v) is 16.4. The van der Waals surface area contributed by atoms with Crippen molar-refractivity contribution >= 4 is 37.8 Å². The Hall–Kier alpha value is -0.146. The monoisotopic (exact) mass is 395 g/mol. The van der Waals surface area contributed by atoms with Crippen molar-refractivity contribution in [3.8, 4) is 5.75 Å². The maximum atomic E-state index is 13.4. The number of nitrogens with zero attached hydrogens (tertiary/aromatic N) is 1. The summed E-state index contributed by atoms with van der Waals surface area (Å²) in [5.74, 6) is 0.0728. The van der Waals surface area contributed by atoms with Gasteiger partial charge in [0, 0.05) is 11.8 Å². The third-order valence-corrected chi connectivity index (χ3v) is 4.18. The van der Waals surface area contributed by atoms with Crippen molar-refractivity contribution in [1.82, 2.24) is 4.90 Å². The predicted molar refractivity (Wildman–Crippen MR) is 91.2 cm³/mol. The average molecular weight is 396 g/mol. The van der Waals surface area contributed by atoms with E-state index in [1.54, 1.807) is 24.3 Å². The summed E-state index contributed by atoms with van der Waals surface area (Å²) >= 11 is -0.556. The zero-order valence-electron chi connectivity index (χ0n) is 12.3. The Bertz CT molecular complexity index is 602. The third-order valence-electron chi connectivity index (χ3n) is 2.73. The Balaban J connectivity index is 0.000000745. The Morgan fingerprint density at radius 1 is 1.14 bits per heavy atom. The summed E-state index contributed by atoms with van der Waals surface area (Å²) in [6, 6.07) is 12.1. The number of phenols is 1. The first-order valence-electron chi connectivity index (χ1n) is 6.42. The molecule has 22 heavy (non-hydrogen) atoms. The quantitative estimate of drug-likeness (QED) is 0.631. The van der Waals surface area contributed by atoms with E-state index >= 15 is 0 Å². The molecule has 0 spiro atoms. The second-order valence-corrected chi connectivity index (χ2v) is 8.66. The molecule has 1 atom stereocenters. The molecule has 2 aromatic carbocycles. The van der Waals surface area contributed by atoms with E-state index in [1.165, 1.54) is 6.07 Å². The van der Waals surface area contributed by atoms with E-state index in [4.69, 9.17) is 18.6 Å². The Morgan fingerprint density at radius 3 is 2.36 bits per heavy atom. The van der Waals surface area contributed by atoms with Gasteiger partial charge in [-0.15, -0.1) is 0 Å². The number of benzene rings is 2. The molecule has 0 saturated heterocycles. The molecule has 0 saturated carbocycles. The van der Waals surface area contributed by atoms with Crippen LogP contribution in [0.5, 0.6) is 5.75 Å². The number of phenolic OH excluding ortho intramolecular Hbond substituents is 1. The molecule has 1 unspecified atom stereocenters. The van der Waals surface area contributed by atoms with Crippen molar-refractivity contribution in [2.45, 2.75) is 6.54 Å². The first-order chi connectivity index (χ1) is 10.5. The Morgan fingerprint density at radius 2 is 1.77 bits per heavy atom. The van der Waals surface area contributed by atoms with Gasteiger partial charge in [-0.3, -0.25) is 0 Å². The number of aromatic hydroxyl groups is 1. The van der Waals surface area contributed by atoms with Gasteiger partial charge in [-0.05, 0) is 43.2 Å². The topological polar surface area (TPSA) is 23.5 Å². The van der Waals surface area contributed by atoms with Gasteiger partial charge in [0.1, 0.15) is 11.6 Å². The summed E-state index contributed by atoms with van der Waals surface area (Å²) in [5, 5.41) is 11.8. The van der Waals surface area contributed by atoms with E-state index in [1.807, 2.05) is 31.1 Å². The van der Waals surface area contributed by atoms with E-state index in [-0.39, 0.29) is 5.82 Å². The molecule has 2 nitrogen and oxygen atoms in total. The van der Waals surface area contributed by atoms with Crippen LogP contribution in [0.3, 0.4) is 0 Å². The van der Waals surface area contributed by atoms with E-state index in [2.05, 4.69) is 0 Å². The van der Waals surface area contributed by atoms with Crippen LogP contribution in [-0.2, 0) is 23.6 Å². The van der Waals surface area contributed by atoms with Crippen molar-refractivity contribution in [3.63, 3.8) is 0 Å². The second kappa shape index (κ2) is 10.6. The minimum absolute atomic E-state index is 0.220. The fourth-order valence-electron chi connectivity index (χ4n) is 1.88. The van der Waals surface area contributed by atoms with Gasteiger partial charge < -0.3 is 10.0 Å². The van der Waals surface area contributed by atoms with Gasteiger partial charge in [0.25, 0.3) is 0 Å². The van der Waals surface area contributed by atoms with Gasteiger partial charge >= 0.3 is 35.6 Å². The van der Waals surface area contributed by atoms with Crippen LogP contribution in [0.15, 0.2) is 42.5 Å². The van der Waals surface area contributed by atoms with Crippen molar-refractivity contribution < 1.29 is 26.5 Å². The average Bonchev–Trinajstić information content (AvgIpc) is 2.44. The fourth-order valence-corrected chi connectivity index (χ4v) is 3.04. The van der Waals surface area contributed by atoms with E-state index in [0.717, 1.165) is 16.2 Å². The van der Waals surface area contributed by atoms with Crippen LogP contribution in [-0.4, -0.2) is 24.1 Å². The van der Waals surface area contributed by atoms with Crippen LogP contribution in [0.1, 0.15) is 5.56 Å². The van der Waals surface area contributed by atoms with Gasteiger partial charge in [0.15, 0.2) is 0 Å². The van der Waals surface area contributed by atoms with Gasteiger partial charge in [0.2, 0.25) is 0 Å². The molecule has 0 bridgehead atoms. The van der Waals surface area contributed by atoms with Crippen LogP contribution >= 0.6 is 27.2 Å². The zero-order chi connectivity index (χ0) is 16.5. The Kier molecular flexibility index (Phi) is 9.58. The van der Waals surface area contributed by atoms with Crippen LogP contribution in [0.2, 0.25) is 0 Å². The predicted octanol–water partition coefficient (Wildman–Crippen LogP) is 3.60. The molecular weight excluding hydrogens is 379 g/mol. The third kappa shape index (κ3) is 6.96. The van der Waals surface area contributed by atoms with E-state index in [9.17, 15) is 9.50 Å². The van der Waals surface area contributed by atoms with Crippen molar-refractivity contribution in [2.75, 3.05) is 14.1 Å². The van der Waals surface area contributed by atoms with Crippen molar-refractivity contribution in [3.05, 3.63) is 53.8 Å². The molecule has 2 aromatic rings. The van der Waals surface area contributed by atoms with Gasteiger partial charge in [-0.2, -0.15) is 0 Å². The summed E-state index contributed by atoms with van der Waals surface area (Å²) in [5.41, 5.74) is 0.964. The van der Waals surface area contributed by atoms with Crippen molar-refractivity contribution in [2.24, 2.45) is 0 Å². The van der Waals surface area contributed by atoms with Crippen LogP contribution < -0.4 is 10.6 Å². The summed E-state index contributed by atoms with van der Waals surface area (Å²) in [6.07, 6.45) is 0. The summed E-state index contributed by atoms with van der Waals surface area (Å²) < 4.78 is 13.4. The van der Waals surface area contributed by atoms with Gasteiger partial charge in [-0.1, -0.05) is 32.8 Å². The van der Waals surface area contributed by atoms with Crippen LogP contribution in [0, 0.1) is 5.82 Å². The molecule has 0 aromatic heterocycles. The van der Waals surface area contributed by atoms with Crippen LogP contribution in [0.4, 0.5) is 4.39 Å². The van der Waals surface area contributed by atoms with Crippen molar-refractivity contribution in [1.29, 1.82) is 0 Å². The SMILES string of the molecule is CN(C)Cc1cc(F)ccc1Pc1ccccc1O.[Cl][Ti][Cl]. The fraction of sp³-hybridized carbons (Fsp3) is 0.200. The van der Waals surface area contributed by atoms with E-state index in [0.29, 0.717) is 20.9 Å². The van der Waals surface area contributed by atoms with Gasteiger partial charge in [-0.25, -0.2) is 4.39 Å². The first kappa shape index (κ1) is 19.9. The molecule has 0 fully saturated rings. The minimum atomic E-state index is -0.556. The molecule has 0 aliphatic heterocycles. The molecule has 0 heterocycles. The molecule has 0 aliphatic rings. The summed E-state index contributed by atoms with van der Waals surface area (Å²) in [6.45, 7) is 0.688.